The number of benzene rings is 3. The molecule has 0 atom stereocenters. The van der Waals surface area contributed by atoms with E-state index >= 15 is 0 Å². The van der Waals surface area contributed by atoms with Gasteiger partial charge in [0.1, 0.15) is 5.82 Å². The summed E-state index contributed by atoms with van der Waals surface area (Å²) in [5, 5.41) is 9.29. The lowest BCUT2D eigenvalue weighted by molar-refractivity contribution is 0.0709. The number of likely N-dealkylation sites (tertiary alicyclic amines) is 1. The number of aliphatic imine (C=N–C) groups is 1. The number of fused-ring (bicyclic) bond motifs is 1. The zero-order valence-corrected chi connectivity index (χ0v) is 17.6. The molecule has 2 heterocycles. The molecule has 1 amide bonds. The van der Waals surface area contributed by atoms with Gasteiger partial charge in [0.15, 0.2) is 0 Å². The zero-order chi connectivity index (χ0) is 22.1. The molecule has 1 fully saturated rings. The summed E-state index contributed by atoms with van der Waals surface area (Å²) in [5.41, 5.74) is 5.55. The van der Waals surface area contributed by atoms with Gasteiger partial charge in [-0.1, -0.05) is 42.5 Å². The average Bonchev–Trinajstić information content (AvgIpc) is 3.27. The van der Waals surface area contributed by atoms with Crippen molar-refractivity contribution in [2.75, 3.05) is 13.1 Å². The number of hydrogen-bond donors (Lipinski definition) is 0. The molecule has 4 nitrogen and oxygen atoms in total. The quantitative estimate of drug-likeness (QED) is 0.555. The third kappa shape index (κ3) is 3.69. The number of piperidine rings is 1. The van der Waals surface area contributed by atoms with Gasteiger partial charge in [-0.25, -0.2) is 4.39 Å². The van der Waals surface area contributed by atoms with Crippen LogP contribution in [0, 0.1) is 23.1 Å². The molecule has 1 saturated heterocycles. The Morgan fingerprint density at radius 1 is 1.03 bits per heavy atom. The van der Waals surface area contributed by atoms with Crippen LogP contribution in [0.15, 0.2) is 71.7 Å². The van der Waals surface area contributed by atoms with Crippen molar-refractivity contribution >= 4 is 17.3 Å². The second kappa shape index (κ2) is 8.39. The summed E-state index contributed by atoms with van der Waals surface area (Å²) in [5.74, 6) is 0.0195. The molecule has 0 unspecified atom stereocenters. The highest BCUT2D eigenvalue weighted by molar-refractivity contribution is 5.98. The monoisotopic (exact) mass is 423 g/mol. The van der Waals surface area contributed by atoms with Gasteiger partial charge in [0.2, 0.25) is 0 Å². The van der Waals surface area contributed by atoms with Crippen molar-refractivity contribution < 1.29 is 9.18 Å². The summed E-state index contributed by atoms with van der Waals surface area (Å²) in [6.07, 6.45) is 2.52. The van der Waals surface area contributed by atoms with Crippen LogP contribution in [0.3, 0.4) is 0 Å². The fourth-order valence-electron chi connectivity index (χ4n) is 4.66. The molecule has 0 saturated carbocycles. The zero-order valence-electron chi connectivity index (χ0n) is 17.6. The van der Waals surface area contributed by atoms with Gasteiger partial charge in [-0.2, -0.15) is 5.26 Å². The Kier molecular flexibility index (Phi) is 5.28. The number of nitriles is 1. The number of amides is 1. The van der Waals surface area contributed by atoms with E-state index in [0.717, 1.165) is 36.2 Å². The van der Waals surface area contributed by atoms with Crippen molar-refractivity contribution in [3.05, 3.63) is 89.2 Å². The molecular weight excluding hydrogens is 401 g/mol. The highest BCUT2D eigenvalue weighted by Crippen LogP contribution is 2.36. The molecule has 158 valence electrons. The highest BCUT2D eigenvalue weighted by atomic mass is 19.1. The Balaban J connectivity index is 1.29. The van der Waals surface area contributed by atoms with Crippen LogP contribution in [-0.4, -0.2) is 29.6 Å². The predicted octanol–water partition coefficient (Wildman–Crippen LogP) is 5.55. The van der Waals surface area contributed by atoms with Gasteiger partial charge in [-0.15, -0.1) is 0 Å². The van der Waals surface area contributed by atoms with Crippen LogP contribution in [0.25, 0.3) is 11.1 Å². The van der Waals surface area contributed by atoms with Gasteiger partial charge < -0.3 is 4.90 Å². The Morgan fingerprint density at radius 3 is 2.56 bits per heavy atom. The molecule has 0 aromatic heterocycles. The van der Waals surface area contributed by atoms with Crippen LogP contribution < -0.4 is 0 Å². The first-order valence-electron chi connectivity index (χ1n) is 10.9. The van der Waals surface area contributed by atoms with E-state index in [9.17, 15) is 14.4 Å². The molecule has 5 rings (SSSR count). The van der Waals surface area contributed by atoms with Gasteiger partial charge >= 0.3 is 0 Å². The minimum absolute atomic E-state index is 0.0771. The molecule has 5 heteroatoms. The van der Waals surface area contributed by atoms with Gasteiger partial charge in [0.05, 0.1) is 22.9 Å². The topological polar surface area (TPSA) is 56.5 Å². The van der Waals surface area contributed by atoms with Crippen molar-refractivity contribution in [2.45, 2.75) is 19.3 Å². The maximum atomic E-state index is 14.2. The van der Waals surface area contributed by atoms with E-state index in [-0.39, 0.29) is 11.7 Å². The first kappa shape index (κ1) is 20.1. The van der Waals surface area contributed by atoms with E-state index in [1.807, 2.05) is 29.2 Å². The highest BCUT2D eigenvalue weighted by Gasteiger charge is 2.29. The van der Waals surface area contributed by atoms with Crippen LogP contribution >= 0.6 is 0 Å². The number of carbonyl (C=O) groups excluding carboxylic acids is 1. The molecule has 0 radical (unpaired) electrons. The van der Waals surface area contributed by atoms with E-state index in [2.05, 4.69) is 6.07 Å². The van der Waals surface area contributed by atoms with Crippen molar-refractivity contribution in [1.29, 1.82) is 5.26 Å². The van der Waals surface area contributed by atoms with Crippen molar-refractivity contribution in [3.8, 4) is 17.2 Å². The summed E-state index contributed by atoms with van der Waals surface area (Å²) in [6.45, 7) is 1.30. The molecular formula is C27H22FN3O. The molecule has 32 heavy (non-hydrogen) atoms. The van der Waals surface area contributed by atoms with Crippen LogP contribution in [0.4, 0.5) is 10.1 Å². The van der Waals surface area contributed by atoms with Gasteiger partial charge in [0.25, 0.3) is 5.91 Å². The summed E-state index contributed by atoms with van der Waals surface area (Å²) in [6, 6.07) is 21.8. The van der Waals surface area contributed by atoms with Crippen molar-refractivity contribution in [3.63, 3.8) is 0 Å². The Labute approximate surface area is 186 Å². The standard InChI is InChI=1S/C27H22FN3O/c28-24-8-4-3-6-22(24)19-9-10-20-16-25(30-26(20)15-19)18-11-13-31(14-12-18)27(32)23-7-2-1-5-21(23)17-29/h1-10,15,18H,11-14,16H2. The molecule has 2 aliphatic heterocycles. The van der Waals surface area contributed by atoms with E-state index in [0.29, 0.717) is 35.7 Å². The van der Waals surface area contributed by atoms with E-state index in [1.165, 1.54) is 11.6 Å². The second-order valence-electron chi connectivity index (χ2n) is 8.33. The minimum Gasteiger partial charge on any atom is -0.339 e. The summed E-state index contributed by atoms with van der Waals surface area (Å²) in [4.78, 5) is 19.6. The molecule has 0 spiro atoms. The smallest absolute Gasteiger partial charge is 0.255 e. The molecule has 2 aliphatic rings. The van der Waals surface area contributed by atoms with E-state index in [1.54, 1.807) is 36.4 Å². The SMILES string of the molecule is N#Cc1ccccc1C(=O)N1CCC(C2=Nc3cc(-c4ccccc4F)ccc3C2)CC1. The number of halogens is 1. The third-order valence-corrected chi connectivity index (χ3v) is 6.44. The Morgan fingerprint density at radius 2 is 1.78 bits per heavy atom. The fraction of sp³-hybridized carbons (Fsp3) is 0.222. The number of carbonyl (C=O) groups is 1. The summed E-state index contributed by atoms with van der Waals surface area (Å²) >= 11 is 0. The van der Waals surface area contributed by atoms with Gasteiger partial charge in [-0.3, -0.25) is 9.79 Å². The average molecular weight is 423 g/mol. The van der Waals surface area contributed by atoms with Gasteiger partial charge in [-0.05, 0) is 48.2 Å². The van der Waals surface area contributed by atoms with Crippen molar-refractivity contribution in [1.82, 2.24) is 4.90 Å². The van der Waals surface area contributed by atoms with Crippen LogP contribution in [-0.2, 0) is 6.42 Å². The second-order valence-corrected chi connectivity index (χ2v) is 8.33. The minimum atomic E-state index is -0.232. The van der Waals surface area contributed by atoms with E-state index < -0.39 is 0 Å². The predicted molar refractivity (Wildman–Crippen MR) is 122 cm³/mol. The summed E-state index contributed by atoms with van der Waals surface area (Å²) < 4.78 is 14.2. The normalized spacial score (nSPS) is 15.8. The van der Waals surface area contributed by atoms with Crippen molar-refractivity contribution in [2.24, 2.45) is 10.9 Å². The van der Waals surface area contributed by atoms with Crippen LogP contribution in [0.2, 0.25) is 0 Å². The largest absolute Gasteiger partial charge is 0.339 e. The Hall–Kier alpha value is -3.78. The number of rotatable bonds is 3. The lowest BCUT2D eigenvalue weighted by Gasteiger charge is -2.32. The molecule has 3 aromatic carbocycles. The first-order valence-corrected chi connectivity index (χ1v) is 10.9. The van der Waals surface area contributed by atoms with Crippen LogP contribution in [0.1, 0.15) is 34.3 Å². The summed E-state index contributed by atoms with van der Waals surface area (Å²) in [7, 11) is 0. The molecule has 0 bridgehead atoms. The lowest BCUT2D eigenvalue weighted by Crippen LogP contribution is -2.40. The van der Waals surface area contributed by atoms with Crippen LogP contribution in [0.5, 0.6) is 0 Å². The third-order valence-electron chi connectivity index (χ3n) is 6.44. The maximum absolute atomic E-state index is 14.2. The molecule has 0 aliphatic carbocycles. The first-order chi connectivity index (χ1) is 15.6. The van der Waals surface area contributed by atoms with Gasteiger partial charge in [0, 0.05) is 36.7 Å². The Bertz CT molecular complexity index is 1270. The molecule has 0 N–H and O–H groups in total. The maximum Gasteiger partial charge on any atom is 0.255 e. The molecule has 3 aromatic rings. The number of hydrogen-bond acceptors (Lipinski definition) is 3. The fourth-order valence-corrected chi connectivity index (χ4v) is 4.66. The van der Waals surface area contributed by atoms with E-state index in [4.69, 9.17) is 4.99 Å². The number of nitrogens with zero attached hydrogens (tertiary/aromatic N) is 3. The lowest BCUT2D eigenvalue weighted by atomic mass is 9.89.